The number of nitrogens with zero attached hydrogens (tertiary/aromatic N) is 4. The van der Waals surface area contributed by atoms with Crippen LogP contribution in [0.5, 0.6) is 11.5 Å². The maximum absolute atomic E-state index is 12.0. The third kappa shape index (κ3) is 9.87. The average Bonchev–Trinajstić information content (AvgIpc) is 3.03. The molecule has 1 heterocycles. The van der Waals surface area contributed by atoms with E-state index >= 15 is 0 Å². The van der Waals surface area contributed by atoms with Crippen LogP contribution in [-0.2, 0) is 4.79 Å². The Labute approximate surface area is 282 Å². The number of benzene rings is 2. The number of likely N-dealkylation sites (N-methyl/N-ethyl adjacent to an activating group) is 1. The first kappa shape index (κ1) is 36.9. The van der Waals surface area contributed by atoms with Gasteiger partial charge in [-0.2, -0.15) is 0 Å². The van der Waals surface area contributed by atoms with Crippen LogP contribution in [-0.4, -0.2) is 69.0 Å². The van der Waals surface area contributed by atoms with Crippen molar-refractivity contribution in [3.8, 4) is 11.5 Å². The van der Waals surface area contributed by atoms with E-state index < -0.39 is 0 Å². The van der Waals surface area contributed by atoms with Gasteiger partial charge in [-0.15, -0.1) is 0 Å². The van der Waals surface area contributed by atoms with Crippen LogP contribution in [0.3, 0.4) is 0 Å². The average molecular weight is 602 g/mol. The summed E-state index contributed by atoms with van der Waals surface area (Å²) in [7, 11) is 6.98. The molecule has 2 aromatic rings. The first-order valence-electron chi connectivity index (χ1n) is 15.3. The van der Waals surface area contributed by atoms with Crippen LogP contribution in [0.15, 0.2) is 53.6 Å². The number of amides is 1. The molecule has 2 aromatic carbocycles. The van der Waals surface area contributed by atoms with E-state index in [0.29, 0.717) is 29.3 Å². The number of ether oxygens (including phenoxy) is 2. The zero-order valence-corrected chi connectivity index (χ0v) is 29.8. The molecule has 0 bridgehead atoms. The van der Waals surface area contributed by atoms with Crippen LogP contribution in [0.1, 0.15) is 88.8 Å². The van der Waals surface area contributed by atoms with E-state index in [2.05, 4.69) is 45.6 Å². The molecule has 2 aliphatic rings. The van der Waals surface area contributed by atoms with E-state index in [4.69, 9.17) is 15.3 Å². The van der Waals surface area contributed by atoms with Crippen LogP contribution in [0.2, 0.25) is 0 Å². The number of nitrogens with two attached hydrogens (primary N) is 1. The van der Waals surface area contributed by atoms with E-state index in [0.717, 1.165) is 31.5 Å². The molecule has 1 amide bonds. The number of amidine groups is 1. The Bertz CT molecular complexity index is 1140. The molecule has 4 rings (SSSR count). The molecule has 2 N–H and O–H groups in total. The number of hydrogen-bond donors (Lipinski definition) is 1. The largest absolute Gasteiger partial charge is 1.00 e. The van der Waals surface area contributed by atoms with E-state index in [1.807, 2.05) is 50.9 Å². The van der Waals surface area contributed by atoms with Crippen LogP contribution in [0.4, 0.5) is 0 Å². The van der Waals surface area contributed by atoms with Crippen molar-refractivity contribution in [3.63, 3.8) is 0 Å². The van der Waals surface area contributed by atoms with Gasteiger partial charge in [0.1, 0.15) is 0 Å². The topological polar surface area (TPSA) is 94.5 Å². The number of hydrazone groups is 1. The SMILES string of the molecule is CN(C(=O)C(C)(C)C)C1CCCCC1.C[N-]/C(=N\N)C(c1cccc(OC)c1OC)N1CCC(c2ccccc2)CC1.[Na+]. The Kier molecular flexibility index (Phi) is 15.4. The molecule has 1 aliphatic heterocycles. The Morgan fingerprint density at radius 1 is 0.977 bits per heavy atom. The smallest absolute Gasteiger partial charge is 0.493 e. The first-order valence-corrected chi connectivity index (χ1v) is 15.3. The predicted molar refractivity (Wildman–Crippen MR) is 172 cm³/mol. The molecule has 2 fully saturated rings. The summed E-state index contributed by atoms with van der Waals surface area (Å²) in [6, 6.07) is 16.9. The monoisotopic (exact) mass is 601 g/mol. The summed E-state index contributed by atoms with van der Waals surface area (Å²) in [6.07, 6.45) is 8.45. The third-order valence-corrected chi connectivity index (χ3v) is 8.58. The Balaban J connectivity index is 0.000000364. The van der Waals surface area contributed by atoms with Crippen molar-refractivity contribution in [3.05, 3.63) is 65.0 Å². The molecule has 1 saturated heterocycles. The van der Waals surface area contributed by atoms with Gasteiger partial charge in [0.25, 0.3) is 0 Å². The molecule has 43 heavy (non-hydrogen) atoms. The van der Waals surface area contributed by atoms with Crippen molar-refractivity contribution >= 4 is 11.7 Å². The summed E-state index contributed by atoms with van der Waals surface area (Å²) >= 11 is 0. The number of methoxy groups -OCH3 is 2. The standard InChI is InChI=1S/C22H29N4O2.C12H23NO.Na/c1-24-22(25-23)20(18-10-7-11-19(27-2)21(18)28-3)26-14-12-17(13-15-26)16-8-5-4-6-9-16;1-12(2,3)11(14)13(4)10-8-6-5-7-9-10;/h4-11,17,20H,12-15,23H2,1-3H3;10H,5-9H2,1-4H3;/q-1;;+1. The van der Waals surface area contributed by atoms with Gasteiger partial charge in [0.15, 0.2) is 11.5 Å². The molecule has 8 nitrogen and oxygen atoms in total. The van der Waals surface area contributed by atoms with Crippen molar-refractivity contribution < 1.29 is 43.8 Å². The second-order valence-corrected chi connectivity index (χ2v) is 12.4. The fourth-order valence-electron chi connectivity index (χ4n) is 6.26. The molecule has 1 aliphatic carbocycles. The van der Waals surface area contributed by atoms with Gasteiger partial charge in [0.2, 0.25) is 5.91 Å². The maximum atomic E-state index is 12.0. The van der Waals surface area contributed by atoms with Gasteiger partial charge in [0.05, 0.1) is 20.3 Å². The fourth-order valence-corrected chi connectivity index (χ4v) is 6.26. The molecule has 9 heteroatoms. The van der Waals surface area contributed by atoms with Crippen molar-refractivity contribution in [2.45, 2.75) is 83.7 Å². The van der Waals surface area contributed by atoms with Crippen LogP contribution >= 0.6 is 0 Å². The summed E-state index contributed by atoms with van der Waals surface area (Å²) in [5, 5.41) is 8.33. The molecule has 0 aromatic heterocycles. The van der Waals surface area contributed by atoms with Crippen LogP contribution in [0, 0.1) is 5.41 Å². The van der Waals surface area contributed by atoms with Gasteiger partial charge in [-0.3, -0.25) is 9.69 Å². The van der Waals surface area contributed by atoms with Crippen LogP contribution in [0.25, 0.3) is 5.32 Å². The minimum absolute atomic E-state index is 0. The summed E-state index contributed by atoms with van der Waals surface area (Å²) in [5.41, 5.74) is 2.15. The number of carbonyl (C=O) groups excluding carboxylic acids is 1. The molecule has 232 valence electrons. The minimum Gasteiger partial charge on any atom is -0.493 e. The van der Waals surface area contributed by atoms with E-state index in [1.54, 1.807) is 21.3 Å². The second kappa shape index (κ2) is 17.9. The summed E-state index contributed by atoms with van der Waals surface area (Å²) in [5.74, 6) is 8.54. The minimum atomic E-state index is -0.230. The Morgan fingerprint density at radius 3 is 2.12 bits per heavy atom. The van der Waals surface area contributed by atoms with Gasteiger partial charge in [-0.25, -0.2) is 0 Å². The maximum Gasteiger partial charge on any atom is 1.00 e. The number of hydrogen-bond acceptors (Lipinski definition) is 6. The van der Waals surface area contributed by atoms with Gasteiger partial charge in [-0.05, 0) is 62.2 Å². The molecular weight excluding hydrogens is 549 g/mol. The molecule has 0 radical (unpaired) electrons. The molecule has 0 spiro atoms. The van der Waals surface area contributed by atoms with E-state index in [1.165, 1.54) is 37.7 Å². The second-order valence-electron chi connectivity index (χ2n) is 12.4. The number of likely N-dealkylation sites (tertiary alicyclic amines) is 1. The Hall–Kier alpha value is -2.26. The van der Waals surface area contributed by atoms with Crippen molar-refractivity contribution in [1.29, 1.82) is 0 Å². The first-order chi connectivity index (χ1) is 20.2. The third-order valence-electron chi connectivity index (χ3n) is 8.58. The van der Waals surface area contributed by atoms with E-state index in [-0.39, 0.29) is 46.9 Å². The van der Waals surface area contributed by atoms with Gasteiger partial charge < -0.3 is 30.6 Å². The normalized spacial score (nSPS) is 17.5. The molecule has 1 saturated carbocycles. The van der Waals surface area contributed by atoms with Crippen LogP contribution < -0.4 is 44.9 Å². The zero-order chi connectivity index (χ0) is 30.7. The number of piperidine rings is 1. The van der Waals surface area contributed by atoms with Gasteiger partial charge in [0, 0.05) is 24.1 Å². The molecule has 1 atom stereocenters. The van der Waals surface area contributed by atoms with Crippen molar-refractivity contribution in [2.75, 3.05) is 41.4 Å². The fraction of sp³-hybridized carbons (Fsp3) is 0.588. The quantitative estimate of drug-likeness (QED) is 0.172. The number of para-hydroxylation sites is 1. The summed E-state index contributed by atoms with van der Waals surface area (Å²) < 4.78 is 11.2. The van der Waals surface area contributed by atoms with Gasteiger partial charge >= 0.3 is 29.6 Å². The molecular formula is C34H52N5NaO3. The van der Waals surface area contributed by atoms with Gasteiger partial charge in [-0.1, -0.05) is 89.5 Å². The van der Waals surface area contributed by atoms with E-state index in [9.17, 15) is 4.79 Å². The number of rotatable bonds is 7. The predicted octanol–water partition coefficient (Wildman–Crippen LogP) is 3.73. The van der Waals surface area contributed by atoms with Crippen molar-refractivity contribution in [2.24, 2.45) is 16.4 Å². The molecule has 1 unspecified atom stereocenters. The summed E-state index contributed by atoms with van der Waals surface area (Å²) in [4.78, 5) is 16.3. The van der Waals surface area contributed by atoms with Crippen molar-refractivity contribution in [1.82, 2.24) is 9.80 Å². The summed E-state index contributed by atoms with van der Waals surface area (Å²) in [6.45, 7) is 7.84. The Morgan fingerprint density at radius 2 is 1.60 bits per heavy atom. The zero-order valence-electron chi connectivity index (χ0n) is 27.8. The number of carbonyl (C=O) groups is 1.